The van der Waals surface area contributed by atoms with Crippen molar-refractivity contribution in [3.63, 3.8) is 0 Å². The minimum absolute atomic E-state index is 0.258. The third kappa shape index (κ3) is 4.14. The van der Waals surface area contributed by atoms with Gasteiger partial charge in [0.15, 0.2) is 0 Å². The van der Waals surface area contributed by atoms with Crippen LogP contribution in [-0.4, -0.2) is 18.0 Å². The fourth-order valence-corrected chi connectivity index (χ4v) is 2.42. The lowest BCUT2D eigenvalue weighted by molar-refractivity contribution is 0.102. The molecule has 1 aromatic heterocycles. The number of ether oxygens (including phenoxy) is 1. The van der Waals surface area contributed by atoms with Gasteiger partial charge in [0.05, 0.1) is 12.8 Å². The molecule has 1 amide bonds. The van der Waals surface area contributed by atoms with Crippen LogP contribution in [0.15, 0.2) is 66.9 Å². The molecule has 3 aromatic rings. The van der Waals surface area contributed by atoms with Crippen LogP contribution in [0.4, 0.5) is 17.1 Å². The minimum atomic E-state index is -0.258. The van der Waals surface area contributed by atoms with Gasteiger partial charge in [-0.15, -0.1) is 0 Å². The molecule has 3 rings (SSSR count). The summed E-state index contributed by atoms with van der Waals surface area (Å²) in [6, 6.07) is 18.7. The van der Waals surface area contributed by atoms with Crippen molar-refractivity contribution in [1.82, 2.24) is 4.98 Å². The van der Waals surface area contributed by atoms with Gasteiger partial charge in [-0.2, -0.15) is 0 Å². The highest BCUT2D eigenvalue weighted by atomic mass is 16.5. The van der Waals surface area contributed by atoms with E-state index in [1.165, 1.54) is 0 Å². The Morgan fingerprint density at radius 1 is 1.00 bits per heavy atom. The second-order valence-corrected chi connectivity index (χ2v) is 5.58. The monoisotopic (exact) mass is 333 g/mol. The lowest BCUT2D eigenvalue weighted by Crippen LogP contribution is -2.13. The predicted octanol–water partition coefficient (Wildman–Crippen LogP) is 4.39. The van der Waals surface area contributed by atoms with E-state index in [-0.39, 0.29) is 5.91 Å². The number of nitrogens with one attached hydrogen (secondary N) is 2. The zero-order valence-electron chi connectivity index (χ0n) is 14.1. The van der Waals surface area contributed by atoms with E-state index in [0.29, 0.717) is 5.69 Å². The average Bonchev–Trinajstić information content (AvgIpc) is 2.63. The molecule has 2 aromatic carbocycles. The highest BCUT2D eigenvalue weighted by molar-refractivity contribution is 6.03. The van der Waals surface area contributed by atoms with Crippen LogP contribution in [-0.2, 0) is 0 Å². The van der Waals surface area contributed by atoms with Crippen molar-refractivity contribution in [3.05, 3.63) is 78.1 Å². The SMILES string of the molecule is COc1ccc(C)cc1Nc1ccnc(C(=O)Nc2ccccc2)c1. The normalized spacial score (nSPS) is 10.2. The van der Waals surface area contributed by atoms with Crippen LogP contribution in [0.1, 0.15) is 16.1 Å². The van der Waals surface area contributed by atoms with Crippen LogP contribution in [0.25, 0.3) is 0 Å². The number of anilines is 3. The molecule has 0 unspecified atom stereocenters. The lowest BCUT2D eigenvalue weighted by atomic mass is 10.2. The largest absolute Gasteiger partial charge is 0.495 e. The van der Waals surface area contributed by atoms with Crippen molar-refractivity contribution in [1.29, 1.82) is 0 Å². The summed E-state index contributed by atoms with van der Waals surface area (Å²) < 4.78 is 5.37. The van der Waals surface area contributed by atoms with E-state index in [9.17, 15) is 4.79 Å². The maximum Gasteiger partial charge on any atom is 0.274 e. The van der Waals surface area contributed by atoms with Crippen molar-refractivity contribution in [2.75, 3.05) is 17.7 Å². The van der Waals surface area contributed by atoms with E-state index in [2.05, 4.69) is 15.6 Å². The first-order valence-electron chi connectivity index (χ1n) is 7.90. The summed E-state index contributed by atoms with van der Waals surface area (Å²) in [5, 5.41) is 6.11. The number of pyridine rings is 1. The fourth-order valence-electron chi connectivity index (χ4n) is 2.42. The molecule has 5 heteroatoms. The highest BCUT2D eigenvalue weighted by Crippen LogP contribution is 2.28. The molecule has 5 nitrogen and oxygen atoms in total. The Kier molecular flexibility index (Phi) is 4.95. The Morgan fingerprint density at radius 3 is 2.56 bits per heavy atom. The molecule has 0 bridgehead atoms. The molecular formula is C20H19N3O2. The zero-order valence-corrected chi connectivity index (χ0v) is 14.1. The van der Waals surface area contributed by atoms with E-state index >= 15 is 0 Å². The van der Waals surface area contributed by atoms with Gasteiger partial charge in [-0.25, -0.2) is 0 Å². The van der Waals surface area contributed by atoms with Gasteiger partial charge in [0.2, 0.25) is 0 Å². The van der Waals surface area contributed by atoms with E-state index in [1.54, 1.807) is 25.4 Å². The zero-order chi connectivity index (χ0) is 17.6. The van der Waals surface area contributed by atoms with Gasteiger partial charge in [-0.3, -0.25) is 9.78 Å². The standard InChI is InChI=1S/C20H19N3O2/c1-14-8-9-19(25-2)17(12-14)22-16-10-11-21-18(13-16)20(24)23-15-6-4-3-5-7-15/h3-13H,1-2H3,(H,21,22)(H,23,24). The number of rotatable bonds is 5. The van der Waals surface area contributed by atoms with Gasteiger partial charge >= 0.3 is 0 Å². The lowest BCUT2D eigenvalue weighted by Gasteiger charge is -2.12. The highest BCUT2D eigenvalue weighted by Gasteiger charge is 2.10. The molecule has 2 N–H and O–H groups in total. The molecule has 0 aliphatic heterocycles. The van der Waals surface area contributed by atoms with Crippen LogP contribution < -0.4 is 15.4 Å². The molecule has 0 fully saturated rings. The third-order valence-electron chi connectivity index (χ3n) is 3.66. The number of aromatic nitrogens is 1. The van der Waals surface area contributed by atoms with Crippen molar-refractivity contribution < 1.29 is 9.53 Å². The van der Waals surface area contributed by atoms with Crippen molar-refractivity contribution in [2.45, 2.75) is 6.92 Å². The maximum absolute atomic E-state index is 12.4. The molecule has 0 radical (unpaired) electrons. The number of hydrogen-bond acceptors (Lipinski definition) is 4. The number of hydrogen-bond donors (Lipinski definition) is 2. The van der Waals surface area contributed by atoms with Gasteiger partial charge < -0.3 is 15.4 Å². The summed E-state index contributed by atoms with van der Waals surface area (Å²) in [5.41, 5.74) is 3.77. The Labute approximate surface area is 146 Å². The van der Waals surface area contributed by atoms with Crippen molar-refractivity contribution >= 4 is 23.0 Å². The third-order valence-corrected chi connectivity index (χ3v) is 3.66. The second-order valence-electron chi connectivity index (χ2n) is 5.58. The first-order chi connectivity index (χ1) is 12.2. The molecule has 1 heterocycles. The number of aryl methyl sites for hydroxylation is 1. The van der Waals surface area contributed by atoms with E-state index in [1.807, 2.05) is 55.5 Å². The van der Waals surface area contributed by atoms with Crippen LogP contribution in [0, 0.1) is 6.92 Å². The summed E-state index contributed by atoms with van der Waals surface area (Å²) in [5.74, 6) is 0.476. The van der Waals surface area contributed by atoms with Crippen molar-refractivity contribution in [3.8, 4) is 5.75 Å². The van der Waals surface area contributed by atoms with E-state index in [4.69, 9.17) is 4.74 Å². The Bertz CT molecular complexity index is 879. The molecule has 0 spiro atoms. The Morgan fingerprint density at radius 2 is 1.80 bits per heavy atom. The number of amides is 1. The first kappa shape index (κ1) is 16.5. The van der Waals surface area contributed by atoms with Crippen LogP contribution >= 0.6 is 0 Å². The van der Waals surface area contributed by atoms with Gasteiger partial charge in [0.25, 0.3) is 5.91 Å². The van der Waals surface area contributed by atoms with Gasteiger partial charge in [0, 0.05) is 17.6 Å². The van der Waals surface area contributed by atoms with Crippen LogP contribution in [0.2, 0.25) is 0 Å². The average molecular weight is 333 g/mol. The molecule has 126 valence electrons. The number of carbonyl (C=O) groups is 1. The number of para-hydroxylation sites is 1. The van der Waals surface area contributed by atoms with Gasteiger partial charge in [-0.05, 0) is 48.9 Å². The summed E-state index contributed by atoms with van der Waals surface area (Å²) in [6.45, 7) is 2.01. The van der Waals surface area contributed by atoms with Crippen molar-refractivity contribution in [2.24, 2.45) is 0 Å². The molecule has 0 aliphatic rings. The molecule has 0 saturated heterocycles. The van der Waals surface area contributed by atoms with Gasteiger partial charge in [-0.1, -0.05) is 24.3 Å². The molecular weight excluding hydrogens is 314 g/mol. The molecule has 0 saturated carbocycles. The number of nitrogens with zero attached hydrogens (tertiary/aromatic N) is 1. The predicted molar refractivity (Wildman–Crippen MR) is 99.6 cm³/mol. The fraction of sp³-hybridized carbons (Fsp3) is 0.100. The number of carbonyl (C=O) groups excluding carboxylic acids is 1. The smallest absolute Gasteiger partial charge is 0.274 e. The van der Waals surface area contributed by atoms with Gasteiger partial charge in [0.1, 0.15) is 11.4 Å². The topological polar surface area (TPSA) is 63.2 Å². The summed E-state index contributed by atoms with van der Waals surface area (Å²) in [4.78, 5) is 16.5. The van der Waals surface area contributed by atoms with E-state index in [0.717, 1.165) is 28.4 Å². The Hall–Kier alpha value is -3.34. The second kappa shape index (κ2) is 7.49. The van der Waals surface area contributed by atoms with Crippen LogP contribution in [0.5, 0.6) is 5.75 Å². The quantitative estimate of drug-likeness (QED) is 0.727. The summed E-state index contributed by atoms with van der Waals surface area (Å²) in [7, 11) is 1.63. The first-order valence-corrected chi connectivity index (χ1v) is 7.90. The van der Waals surface area contributed by atoms with E-state index < -0.39 is 0 Å². The van der Waals surface area contributed by atoms with Crippen LogP contribution in [0.3, 0.4) is 0 Å². The summed E-state index contributed by atoms with van der Waals surface area (Å²) >= 11 is 0. The maximum atomic E-state index is 12.4. The summed E-state index contributed by atoms with van der Waals surface area (Å²) in [6.07, 6.45) is 1.60. The minimum Gasteiger partial charge on any atom is -0.495 e. The molecule has 0 aliphatic carbocycles. The number of methoxy groups -OCH3 is 1. The Balaban J connectivity index is 1.80. The number of benzene rings is 2. The molecule has 0 atom stereocenters. The molecule has 25 heavy (non-hydrogen) atoms.